The summed E-state index contributed by atoms with van der Waals surface area (Å²) in [5.74, 6) is 0.652. The monoisotopic (exact) mass is 307 g/mol. The summed E-state index contributed by atoms with van der Waals surface area (Å²) in [4.78, 5) is 12.4. The fourth-order valence-electron chi connectivity index (χ4n) is 3.50. The van der Waals surface area contributed by atoms with E-state index < -0.39 is 0 Å². The van der Waals surface area contributed by atoms with Gasteiger partial charge >= 0.3 is 0 Å². The largest absolute Gasteiger partial charge is 0.504 e. The van der Waals surface area contributed by atoms with Crippen molar-refractivity contribution in [3.05, 3.63) is 23.8 Å². The Bertz CT molecular complexity index is 561. The third-order valence-corrected chi connectivity index (χ3v) is 4.63. The minimum atomic E-state index is -0.200. The zero-order valence-corrected chi connectivity index (χ0v) is 12.7. The van der Waals surface area contributed by atoms with E-state index in [-0.39, 0.29) is 29.7 Å². The van der Waals surface area contributed by atoms with Crippen LogP contribution in [0.15, 0.2) is 18.2 Å². The Morgan fingerprint density at radius 3 is 2.95 bits per heavy atom. The van der Waals surface area contributed by atoms with E-state index >= 15 is 0 Å². The van der Waals surface area contributed by atoms with Crippen LogP contribution in [-0.4, -0.2) is 50.6 Å². The third-order valence-electron chi connectivity index (χ3n) is 4.63. The van der Waals surface area contributed by atoms with Gasteiger partial charge in [-0.25, -0.2) is 0 Å². The molecule has 1 aromatic rings. The summed E-state index contributed by atoms with van der Waals surface area (Å²) < 4.78 is 15.9. The number of fused-ring (bicyclic) bond motifs is 1. The van der Waals surface area contributed by atoms with E-state index in [1.54, 1.807) is 19.2 Å². The van der Waals surface area contributed by atoms with Crippen LogP contribution in [0.2, 0.25) is 0 Å². The van der Waals surface area contributed by atoms with Gasteiger partial charge in [-0.3, -0.25) is 4.79 Å². The lowest BCUT2D eigenvalue weighted by molar-refractivity contribution is -0.0809. The van der Waals surface area contributed by atoms with Crippen LogP contribution in [0, 0.1) is 11.8 Å². The van der Waals surface area contributed by atoms with Gasteiger partial charge in [0.15, 0.2) is 11.5 Å². The molecule has 1 aliphatic heterocycles. The number of rotatable bonds is 5. The van der Waals surface area contributed by atoms with Gasteiger partial charge in [0, 0.05) is 37.2 Å². The predicted octanol–water partition coefficient (Wildman–Crippen LogP) is 1.18. The number of amides is 1. The zero-order valence-electron chi connectivity index (χ0n) is 12.7. The number of benzene rings is 1. The first-order chi connectivity index (χ1) is 10.7. The predicted molar refractivity (Wildman–Crippen MR) is 79.1 cm³/mol. The van der Waals surface area contributed by atoms with E-state index in [1.807, 2.05) is 0 Å². The number of hydrogen-bond donors (Lipinski definition) is 2. The summed E-state index contributed by atoms with van der Waals surface area (Å²) in [5, 5.41) is 12.8. The Morgan fingerprint density at radius 1 is 1.45 bits per heavy atom. The average Bonchev–Trinajstić information content (AvgIpc) is 2.94. The number of ether oxygens (including phenoxy) is 3. The van der Waals surface area contributed by atoms with Gasteiger partial charge in [0.2, 0.25) is 0 Å². The van der Waals surface area contributed by atoms with Gasteiger partial charge in [0.25, 0.3) is 5.91 Å². The van der Waals surface area contributed by atoms with Crippen molar-refractivity contribution >= 4 is 5.91 Å². The first-order valence-corrected chi connectivity index (χ1v) is 7.44. The number of carbonyl (C=O) groups is 1. The molecule has 3 rings (SSSR count). The van der Waals surface area contributed by atoms with Crippen molar-refractivity contribution in [2.24, 2.45) is 11.8 Å². The zero-order chi connectivity index (χ0) is 15.7. The summed E-state index contributed by atoms with van der Waals surface area (Å²) in [7, 11) is 3.13. The van der Waals surface area contributed by atoms with Gasteiger partial charge in [-0.1, -0.05) is 0 Å². The Kier molecular flexibility index (Phi) is 4.22. The molecular weight excluding hydrogens is 286 g/mol. The Labute approximate surface area is 129 Å². The molecule has 0 aromatic heterocycles. The molecule has 22 heavy (non-hydrogen) atoms. The lowest BCUT2D eigenvalue weighted by Gasteiger charge is -2.47. The van der Waals surface area contributed by atoms with Crippen LogP contribution in [0.3, 0.4) is 0 Å². The summed E-state index contributed by atoms with van der Waals surface area (Å²) >= 11 is 0. The molecule has 1 aromatic carbocycles. The molecule has 0 radical (unpaired) electrons. The molecule has 6 nitrogen and oxygen atoms in total. The number of aromatic hydroxyl groups is 1. The molecule has 0 bridgehead atoms. The Hall–Kier alpha value is -1.79. The molecule has 4 unspecified atom stereocenters. The average molecular weight is 307 g/mol. The molecule has 1 saturated heterocycles. The molecule has 1 aliphatic carbocycles. The number of nitrogens with one attached hydrogen (secondary N) is 1. The molecule has 2 N–H and O–H groups in total. The summed E-state index contributed by atoms with van der Waals surface area (Å²) in [5.41, 5.74) is 0.414. The lowest BCUT2D eigenvalue weighted by atomic mass is 9.67. The van der Waals surface area contributed by atoms with Crippen molar-refractivity contribution in [3.63, 3.8) is 0 Å². The summed E-state index contributed by atoms with van der Waals surface area (Å²) in [6.07, 6.45) is 1.15. The van der Waals surface area contributed by atoms with E-state index in [4.69, 9.17) is 14.2 Å². The number of hydrogen-bond acceptors (Lipinski definition) is 5. The molecule has 0 spiro atoms. The highest BCUT2D eigenvalue weighted by atomic mass is 16.5. The summed E-state index contributed by atoms with van der Waals surface area (Å²) in [6, 6.07) is 4.70. The maximum Gasteiger partial charge on any atom is 0.251 e. The molecule has 120 valence electrons. The number of phenols is 1. The van der Waals surface area contributed by atoms with Crippen LogP contribution in [0.4, 0.5) is 0 Å². The first-order valence-electron chi connectivity index (χ1n) is 7.44. The van der Waals surface area contributed by atoms with Gasteiger partial charge in [0.1, 0.15) is 0 Å². The molecule has 2 aliphatic rings. The lowest BCUT2D eigenvalue weighted by Crippen LogP contribution is -2.62. The second kappa shape index (κ2) is 6.14. The molecular formula is C16H21NO5. The van der Waals surface area contributed by atoms with Crippen molar-refractivity contribution in [3.8, 4) is 11.5 Å². The maximum atomic E-state index is 12.4. The van der Waals surface area contributed by atoms with Crippen LogP contribution in [0.25, 0.3) is 0 Å². The highest BCUT2D eigenvalue weighted by Gasteiger charge is 2.54. The summed E-state index contributed by atoms with van der Waals surface area (Å²) in [6.45, 7) is 1.31. The van der Waals surface area contributed by atoms with Crippen LogP contribution in [-0.2, 0) is 9.47 Å². The number of methoxy groups -OCH3 is 2. The van der Waals surface area contributed by atoms with Gasteiger partial charge in [-0.05, 0) is 24.6 Å². The van der Waals surface area contributed by atoms with Gasteiger partial charge in [0.05, 0.1) is 19.8 Å². The van der Waals surface area contributed by atoms with Crippen LogP contribution in [0.5, 0.6) is 11.5 Å². The fourth-order valence-corrected chi connectivity index (χ4v) is 3.50. The highest BCUT2D eigenvalue weighted by Crippen LogP contribution is 2.43. The minimum absolute atomic E-state index is 0.0423. The Morgan fingerprint density at radius 2 is 2.27 bits per heavy atom. The van der Waals surface area contributed by atoms with Crippen LogP contribution in [0.1, 0.15) is 16.8 Å². The quantitative estimate of drug-likeness (QED) is 0.854. The highest BCUT2D eigenvalue weighted by molar-refractivity contribution is 5.95. The van der Waals surface area contributed by atoms with E-state index in [1.165, 1.54) is 13.2 Å². The van der Waals surface area contributed by atoms with Crippen LogP contribution < -0.4 is 10.1 Å². The molecule has 1 amide bonds. The molecule has 6 heteroatoms. The maximum absolute atomic E-state index is 12.4. The van der Waals surface area contributed by atoms with Gasteiger partial charge in [-0.2, -0.15) is 0 Å². The van der Waals surface area contributed by atoms with E-state index in [9.17, 15) is 9.90 Å². The molecule has 4 atom stereocenters. The topological polar surface area (TPSA) is 77.0 Å². The van der Waals surface area contributed by atoms with Crippen molar-refractivity contribution in [1.29, 1.82) is 0 Å². The van der Waals surface area contributed by atoms with E-state index in [0.717, 1.165) is 13.0 Å². The van der Waals surface area contributed by atoms with Crippen molar-refractivity contribution < 1.29 is 24.1 Å². The number of carbonyl (C=O) groups excluding carboxylic acids is 1. The van der Waals surface area contributed by atoms with Crippen LogP contribution >= 0.6 is 0 Å². The molecule has 1 saturated carbocycles. The second-order valence-electron chi connectivity index (χ2n) is 5.79. The molecule has 1 heterocycles. The van der Waals surface area contributed by atoms with Crippen molar-refractivity contribution in [1.82, 2.24) is 5.32 Å². The van der Waals surface area contributed by atoms with Gasteiger partial charge < -0.3 is 24.6 Å². The smallest absolute Gasteiger partial charge is 0.251 e. The van der Waals surface area contributed by atoms with Gasteiger partial charge in [-0.15, -0.1) is 0 Å². The second-order valence-corrected chi connectivity index (χ2v) is 5.79. The van der Waals surface area contributed by atoms with E-state index in [0.29, 0.717) is 23.8 Å². The van der Waals surface area contributed by atoms with E-state index in [2.05, 4.69) is 5.32 Å². The normalized spacial score (nSPS) is 29.5. The first kappa shape index (κ1) is 15.1. The SMILES string of the molecule is COCC1C(NC(=O)c2ccc(OC)c(O)c2)C2CCOC21. The number of phenolic OH excluding ortho intramolecular Hbond substituents is 1. The third kappa shape index (κ3) is 2.53. The molecule has 2 fully saturated rings. The fraction of sp³-hybridized carbons (Fsp3) is 0.562. The van der Waals surface area contributed by atoms with Crippen molar-refractivity contribution in [2.45, 2.75) is 18.6 Å². The Balaban J connectivity index is 1.69. The standard InChI is InChI=1S/C16H21NO5/c1-20-8-11-14(10-5-6-22-15(10)11)17-16(19)9-3-4-13(21-2)12(18)7-9/h3-4,7,10-11,14-15,18H,5-6,8H2,1-2H3,(H,17,19). The van der Waals surface area contributed by atoms with Crippen molar-refractivity contribution in [2.75, 3.05) is 27.4 Å². The minimum Gasteiger partial charge on any atom is -0.504 e.